The van der Waals surface area contributed by atoms with E-state index < -0.39 is 11.6 Å². The standard InChI is InChI=1S/C9H13F3/c1-3-5(2)7-6-4-8(6,7)9(10,11)12/h5-7H,3-4H2,1-2H3. The van der Waals surface area contributed by atoms with Gasteiger partial charge < -0.3 is 0 Å². The Morgan fingerprint density at radius 3 is 2.33 bits per heavy atom. The van der Waals surface area contributed by atoms with Crippen molar-refractivity contribution in [3.05, 3.63) is 0 Å². The Hall–Kier alpha value is -0.210. The summed E-state index contributed by atoms with van der Waals surface area (Å²) < 4.78 is 37.2. The molecule has 0 N–H and O–H groups in total. The molecular formula is C9H13F3. The van der Waals surface area contributed by atoms with E-state index in [1.54, 1.807) is 0 Å². The molecule has 0 aromatic carbocycles. The van der Waals surface area contributed by atoms with Crippen LogP contribution >= 0.6 is 0 Å². The van der Waals surface area contributed by atoms with Gasteiger partial charge in [-0.15, -0.1) is 0 Å². The molecule has 4 unspecified atom stereocenters. The number of alkyl halides is 3. The van der Waals surface area contributed by atoms with Crippen molar-refractivity contribution in [2.24, 2.45) is 23.2 Å². The van der Waals surface area contributed by atoms with Gasteiger partial charge in [0.1, 0.15) is 0 Å². The van der Waals surface area contributed by atoms with E-state index in [9.17, 15) is 13.2 Å². The highest BCUT2D eigenvalue weighted by Gasteiger charge is 2.90. The summed E-state index contributed by atoms with van der Waals surface area (Å²) in [6.45, 7) is 3.90. The van der Waals surface area contributed by atoms with Crippen LogP contribution in [0.2, 0.25) is 0 Å². The Balaban J connectivity index is 2.04. The zero-order valence-electron chi connectivity index (χ0n) is 7.28. The van der Waals surface area contributed by atoms with E-state index in [4.69, 9.17) is 0 Å². The van der Waals surface area contributed by atoms with Gasteiger partial charge in [-0.2, -0.15) is 13.2 Å². The summed E-state index contributed by atoms with van der Waals surface area (Å²) in [5, 5.41) is 0. The molecule has 12 heavy (non-hydrogen) atoms. The maximum Gasteiger partial charge on any atom is 0.395 e. The minimum Gasteiger partial charge on any atom is -0.170 e. The van der Waals surface area contributed by atoms with E-state index in [0.29, 0.717) is 6.42 Å². The average Bonchev–Trinajstić information content (AvgIpc) is 2.68. The molecule has 0 nitrogen and oxygen atoms in total. The van der Waals surface area contributed by atoms with Crippen molar-refractivity contribution in [1.29, 1.82) is 0 Å². The molecule has 0 aromatic rings. The van der Waals surface area contributed by atoms with Gasteiger partial charge in [-0.3, -0.25) is 0 Å². The Kier molecular flexibility index (Phi) is 1.39. The molecule has 2 saturated carbocycles. The summed E-state index contributed by atoms with van der Waals surface area (Å²) in [4.78, 5) is 0. The van der Waals surface area contributed by atoms with Crippen molar-refractivity contribution < 1.29 is 13.2 Å². The van der Waals surface area contributed by atoms with Gasteiger partial charge in [0.05, 0.1) is 5.41 Å². The summed E-state index contributed by atoms with van der Waals surface area (Å²) in [6, 6.07) is 0. The monoisotopic (exact) mass is 178 g/mol. The Bertz CT molecular complexity index is 208. The van der Waals surface area contributed by atoms with Crippen molar-refractivity contribution in [1.82, 2.24) is 0 Å². The van der Waals surface area contributed by atoms with E-state index in [2.05, 4.69) is 0 Å². The summed E-state index contributed by atoms with van der Waals surface area (Å²) in [6.07, 6.45) is -2.64. The third-order valence-corrected chi connectivity index (χ3v) is 3.76. The number of halogens is 3. The fraction of sp³-hybridized carbons (Fsp3) is 1.00. The first-order valence-electron chi connectivity index (χ1n) is 4.52. The zero-order valence-corrected chi connectivity index (χ0v) is 7.28. The molecule has 0 amide bonds. The summed E-state index contributed by atoms with van der Waals surface area (Å²) in [7, 11) is 0. The van der Waals surface area contributed by atoms with Crippen molar-refractivity contribution >= 4 is 0 Å². The molecular weight excluding hydrogens is 165 g/mol. The number of fused-ring (bicyclic) bond motifs is 1. The molecule has 70 valence electrons. The number of hydrogen-bond acceptors (Lipinski definition) is 0. The second kappa shape index (κ2) is 1.99. The molecule has 0 spiro atoms. The van der Waals surface area contributed by atoms with E-state index in [0.717, 1.165) is 6.42 Å². The highest BCUT2D eigenvalue weighted by Crippen LogP contribution is 2.87. The lowest BCUT2D eigenvalue weighted by molar-refractivity contribution is -0.176. The van der Waals surface area contributed by atoms with E-state index in [1.165, 1.54) is 0 Å². The number of hydrogen-bond donors (Lipinski definition) is 0. The van der Waals surface area contributed by atoms with Gasteiger partial charge in [-0.25, -0.2) is 0 Å². The van der Waals surface area contributed by atoms with Crippen LogP contribution in [0.5, 0.6) is 0 Å². The predicted octanol–water partition coefficient (Wildman–Crippen LogP) is 3.23. The highest BCUT2D eigenvalue weighted by atomic mass is 19.4. The van der Waals surface area contributed by atoms with Crippen LogP contribution in [0.25, 0.3) is 0 Å². The second-order valence-electron chi connectivity index (χ2n) is 4.26. The lowest BCUT2D eigenvalue weighted by Gasteiger charge is -2.19. The smallest absolute Gasteiger partial charge is 0.170 e. The van der Waals surface area contributed by atoms with E-state index >= 15 is 0 Å². The van der Waals surface area contributed by atoms with Crippen LogP contribution in [0.1, 0.15) is 26.7 Å². The maximum absolute atomic E-state index is 12.4. The molecule has 2 rings (SSSR count). The average molecular weight is 178 g/mol. The SMILES string of the molecule is CCC(C)C1C2CC21C(F)(F)F. The van der Waals surface area contributed by atoms with Gasteiger partial charge in [0.2, 0.25) is 0 Å². The summed E-state index contributed by atoms with van der Waals surface area (Å²) >= 11 is 0. The molecule has 0 heterocycles. The topological polar surface area (TPSA) is 0 Å². The number of rotatable bonds is 2. The third-order valence-electron chi connectivity index (χ3n) is 3.76. The van der Waals surface area contributed by atoms with Crippen LogP contribution in [0.3, 0.4) is 0 Å². The first-order chi connectivity index (χ1) is 5.45. The van der Waals surface area contributed by atoms with Gasteiger partial charge in [0.25, 0.3) is 0 Å². The largest absolute Gasteiger partial charge is 0.395 e. The predicted molar refractivity (Wildman–Crippen MR) is 39.5 cm³/mol. The van der Waals surface area contributed by atoms with Crippen LogP contribution in [0.4, 0.5) is 13.2 Å². The van der Waals surface area contributed by atoms with Crippen LogP contribution in [-0.4, -0.2) is 6.18 Å². The first-order valence-corrected chi connectivity index (χ1v) is 4.52. The molecule has 0 aromatic heterocycles. The molecule has 0 saturated heterocycles. The van der Waals surface area contributed by atoms with Gasteiger partial charge in [-0.1, -0.05) is 20.3 Å². The Morgan fingerprint density at radius 1 is 1.50 bits per heavy atom. The normalized spacial score (nSPS) is 46.8. The Labute approximate surface area is 70.1 Å². The molecule has 2 aliphatic rings. The van der Waals surface area contributed by atoms with Crippen molar-refractivity contribution in [2.45, 2.75) is 32.9 Å². The molecule has 0 aliphatic heterocycles. The molecule has 0 bridgehead atoms. The van der Waals surface area contributed by atoms with Crippen molar-refractivity contribution in [3.63, 3.8) is 0 Å². The second-order valence-corrected chi connectivity index (χ2v) is 4.26. The van der Waals surface area contributed by atoms with Crippen molar-refractivity contribution in [2.75, 3.05) is 0 Å². The molecule has 0 radical (unpaired) electrons. The Morgan fingerprint density at radius 2 is 2.08 bits per heavy atom. The van der Waals surface area contributed by atoms with Gasteiger partial charge in [-0.05, 0) is 24.2 Å². The zero-order chi connectivity index (χ0) is 9.15. The quantitative estimate of drug-likeness (QED) is 0.609. The van der Waals surface area contributed by atoms with Crippen LogP contribution in [-0.2, 0) is 0 Å². The lowest BCUT2D eigenvalue weighted by Crippen LogP contribution is -2.23. The van der Waals surface area contributed by atoms with Crippen LogP contribution in [0, 0.1) is 23.2 Å². The highest BCUT2D eigenvalue weighted by molar-refractivity contribution is 5.29. The van der Waals surface area contributed by atoms with Crippen molar-refractivity contribution in [3.8, 4) is 0 Å². The summed E-state index contributed by atoms with van der Waals surface area (Å²) in [5.74, 6) is 0.209. The molecule has 2 aliphatic carbocycles. The maximum atomic E-state index is 12.4. The van der Waals surface area contributed by atoms with Gasteiger partial charge in [0, 0.05) is 0 Å². The minimum absolute atomic E-state index is 0.00699. The van der Waals surface area contributed by atoms with E-state index in [1.807, 2.05) is 13.8 Å². The van der Waals surface area contributed by atoms with Crippen LogP contribution < -0.4 is 0 Å². The minimum atomic E-state index is -3.92. The fourth-order valence-corrected chi connectivity index (χ4v) is 2.63. The first kappa shape index (κ1) is 8.39. The third kappa shape index (κ3) is 0.748. The summed E-state index contributed by atoms with van der Waals surface area (Å²) in [5.41, 5.74) is -1.21. The van der Waals surface area contributed by atoms with E-state index in [-0.39, 0.29) is 17.8 Å². The lowest BCUT2D eigenvalue weighted by atomic mass is 9.91. The molecule has 3 heteroatoms. The van der Waals surface area contributed by atoms with Gasteiger partial charge in [0.15, 0.2) is 0 Å². The van der Waals surface area contributed by atoms with Gasteiger partial charge >= 0.3 is 6.18 Å². The van der Waals surface area contributed by atoms with Crippen LogP contribution in [0.15, 0.2) is 0 Å². The molecule has 2 fully saturated rings. The fourth-order valence-electron chi connectivity index (χ4n) is 2.63. The molecule has 4 atom stereocenters.